The van der Waals surface area contributed by atoms with E-state index in [9.17, 15) is 4.79 Å². The number of benzene rings is 1. The molecule has 1 N–H and O–H groups in total. The number of hydrogen-bond acceptors (Lipinski definition) is 4. The SMILES string of the molecule is CC(C)(C)c1ccc(C(=O)Nc2ncns2)cc1. The number of nitrogens with zero attached hydrogens (tertiary/aromatic N) is 2. The summed E-state index contributed by atoms with van der Waals surface area (Å²) in [6, 6.07) is 7.62. The first kappa shape index (κ1) is 12.7. The highest BCUT2D eigenvalue weighted by Gasteiger charge is 2.14. The quantitative estimate of drug-likeness (QED) is 0.903. The molecule has 0 aliphatic heterocycles. The molecular formula is C13H15N3OS. The van der Waals surface area contributed by atoms with Gasteiger partial charge < -0.3 is 0 Å². The molecule has 5 heteroatoms. The molecule has 1 heterocycles. The number of carbonyl (C=O) groups excluding carboxylic acids is 1. The van der Waals surface area contributed by atoms with Gasteiger partial charge in [-0.25, -0.2) is 4.98 Å². The van der Waals surface area contributed by atoms with Gasteiger partial charge in [-0.1, -0.05) is 32.9 Å². The van der Waals surface area contributed by atoms with Crippen LogP contribution in [0, 0.1) is 0 Å². The fraction of sp³-hybridized carbons (Fsp3) is 0.308. The van der Waals surface area contributed by atoms with Crippen molar-refractivity contribution in [3.05, 3.63) is 41.7 Å². The van der Waals surface area contributed by atoms with Gasteiger partial charge in [0.1, 0.15) is 6.33 Å². The molecule has 0 saturated carbocycles. The first-order valence-electron chi connectivity index (χ1n) is 5.65. The molecule has 0 fully saturated rings. The third-order valence-corrected chi connectivity index (χ3v) is 3.17. The molecule has 4 nitrogen and oxygen atoms in total. The molecule has 0 radical (unpaired) electrons. The van der Waals surface area contributed by atoms with Crippen molar-refractivity contribution in [1.29, 1.82) is 0 Å². The Bertz CT molecular complexity index is 526. The molecule has 0 aliphatic rings. The molecule has 18 heavy (non-hydrogen) atoms. The Balaban J connectivity index is 2.12. The van der Waals surface area contributed by atoms with Crippen molar-refractivity contribution < 1.29 is 4.79 Å². The van der Waals surface area contributed by atoms with Crippen LogP contribution in [0.5, 0.6) is 0 Å². The average molecular weight is 261 g/mol. The van der Waals surface area contributed by atoms with Crippen molar-refractivity contribution >= 4 is 22.6 Å². The highest BCUT2D eigenvalue weighted by molar-refractivity contribution is 7.09. The molecule has 0 unspecified atom stereocenters. The summed E-state index contributed by atoms with van der Waals surface area (Å²) in [5.41, 5.74) is 1.92. The van der Waals surface area contributed by atoms with Gasteiger partial charge in [-0.3, -0.25) is 10.1 Å². The number of amides is 1. The molecule has 0 bridgehead atoms. The second-order valence-electron chi connectivity index (χ2n) is 5.03. The van der Waals surface area contributed by atoms with Crippen molar-refractivity contribution in [1.82, 2.24) is 9.36 Å². The summed E-state index contributed by atoms with van der Waals surface area (Å²) in [6.45, 7) is 6.43. The van der Waals surface area contributed by atoms with Gasteiger partial charge in [0.2, 0.25) is 5.13 Å². The fourth-order valence-corrected chi connectivity index (χ4v) is 1.95. The molecule has 1 aromatic carbocycles. The summed E-state index contributed by atoms with van der Waals surface area (Å²) in [4.78, 5) is 15.8. The minimum Gasteiger partial charge on any atom is -0.297 e. The van der Waals surface area contributed by atoms with Crippen LogP contribution >= 0.6 is 11.5 Å². The molecule has 1 aromatic heterocycles. The highest BCUT2D eigenvalue weighted by Crippen LogP contribution is 2.22. The van der Waals surface area contributed by atoms with E-state index in [-0.39, 0.29) is 11.3 Å². The maximum absolute atomic E-state index is 11.9. The van der Waals surface area contributed by atoms with E-state index in [1.165, 1.54) is 11.9 Å². The van der Waals surface area contributed by atoms with Crippen LogP contribution in [-0.2, 0) is 5.41 Å². The van der Waals surface area contributed by atoms with Crippen LogP contribution in [0.3, 0.4) is 0 Å². The Labute approximate surface area is 110 Å². The van der Waals surface area contributed by atoms with Crippen LogP contribution in [0.4, 0.5) is 5.13 Å². The summed E-state index contributed by atoms with van der Waals surface area (Å²) in [6.07, 6.45) is 1.42. The Kier molecular flexibility index (Phi) is 3.43. The molecule has 94 valence electrons. The van der Waals surface area contributed by atoms with E-state index in [0.29, 0.717) is 10.7 Å². The lowest BCUT2D eigenvalue weighted by Crippen LogP contribution is -2.14. The van der Waals surface area contributed by atoms with Gasteiger partial charge in [-0.05, 0) is 23.1 Å². The van der Waals surface area contributed by atoms with Gasteiger partial charge in [-0.2, -0.15) is 4.37 Å². The molecule has 1 amide bonds. The number of nitrogens with one attached hydrogen (secondary N) is 1. The van der Waals surface area contributed by atoms with E-state index < -0.39 is 0 Å². The van der Waals surface area contributed by atoms with Crippen LogP contribution in [-0.4, -0.2) is 15.3 Å². The first-order valence-corrected chi connectivity index (χ1v) is 6.43. The maximum atomic E-state index is 11.9. The molecule has 0 saturated heterocycles. The first-order chi connectivity index (χ1) is 8.47. The number of aromatic nitrogens is 2. The number of anilines is 1. The second kappa shape index (κ2) is 4.86. The van der Waals surface area contributed by atoms with Crippen molar-refractivity contribution in [3.63, 3.8) is 0 Å². The van der Waals surface area contributed by atoms with Gasteiger partial charge in [0.05, 0.1) is 0 Å². The second-order valence-corrected chi connectivity index (χ2v) is 5.81. The largest absolute Gasteiger partial charge is 0.297 e. The lowest BCUT2D eigenvalue weighted by Gasteiger charge is -2.18. The minimum atomic E-state index is -0.160. The van der Waals surface area contributed by atoms with E-state index in [1.54, 1.807) is 0 Å². The topological polar surface area (TPSA) is 54.9 Å². The zero-order chi connectivity index (χ0) is 13.2. The molecule has 0 spiro atoms. The predicted octanol–water partition coefficient (Wildman–Crippen LogP) is 3.09. The Morgan fingerprint density at radius 1 is 1.22 bits per heavy atom. The fourth-order valence-electron chi connectivity index (χ4n) is 1.52. The number of carbonyl (C=O) groups is 1. The minimum absolute atomic E-state index is 0.0915. The predicted molar refractivity (Wildman–Crippen MR) is 73.0 cm³/mol. The monoisotopic (exact) mass is 261 g/mol. The summed E-state index contributed by atoms with van der Waals surface area (Å²) in [5.74, 6) is -0.160. The van der Waals surface area contributed by atoms with E-state index in [0.717, 1.165) is 11.5 Å². The van der Waals surface area contributed by atoms with Gasteiger partial charge in [-0.15, -0.1) is 0 Å². The van der Waals surface area contributed by atoms with Crippen molar-refractivity contribution in [2.24, 2.45) is 0 Å². The van der Waals surface area contributed by atoms with E-state index in [1.807, 2.05) is 24.3 Å². The summed E-state index contributed by atoms with van der Waals surface area (Å²) in [5, 5.41) is 3.22. The normalized spacial score (nSPS) is 11.3. The summed E-state index contributed by atoms with van der Waals surface area (Å²) in [7, 11) is 0. The Morgan fingerprint density at radius 2 is 1.89 bits per heavy atom. The zero-order valence-corrected chi connectivity index (χ0v) is 11.4. The van der Waals surface area contributed by atoms with Crippen LogP contribution in [0.2, 0.25) is 0 Å². The zero-order valence-electron chi connectivity index (χ0n) is 10.6. The highest BCUT2D eigenvalue weighted by atomic mass is 32.1. The van der Waals surface area contributed by atoms with Crippen LogP contribution in [0.1, 0.15) is 36.7 Å². The lowest BCUT2D eigenvalue weighted by atomic mass is 9.87. The maximum Gasteiger partial charge on any atom is 0.257 e. The smallest absolute Gasteiger partial charge is 0.257 e. The summed E-state index contributed by atoms with van der Waals surface area (Å²) < 4.78 is 3.83. The van der Waals surface area contributed by atoms with E-state index in [2.05, 4.69) is 35.4 Å². The third-order valence-electron chi connectivity index (χ3n) is 2.59. The van der Waals surface area contributed by atoms with Crippen LogP contribution < -0.4 is 5.32 Å². The van der Waals surface area contributed by atoms with Gasteiger partial charge >= 0.3 is 0 Å². The average Bonchev–Trinajstić information content (AvgIpc) is 2.81. The lowest BCUT2D eigenvalue weighted by molar-refractivity contribution is 0.102. The van der Waals surface area contributed by atoms with Crippen molar-refractivity contribution in [2.45, 2.75) is 26.2 Å². The van der Waals surface area contributed by atoms with Crippen molar-refractivity contribution in [2.75, 3.05) is 5.32 Å². The van der Waals surface area contributed by atoms with Gasteiger partial charge in [0, 0.05) is 17.1 Å². The molecule has 2 aromatic rings. The molecular weight excluding hydrogens is 246 g/mol. The van der Waals surface area contributed by atoms with Crippen LogP contribution in [0.25, 0.3) is 0 Å². The summed E-state index contributed by atoms with van der Waals surface area (Å²) >= 11 is 1.16. The third kappa shape index (κ3) is 2.92. The number of hydrogen-bond donors (Lipinski definition) is 1. The molecule has 0 atom stereocenters. The van der Waals surface area contributed by atoms with Crippen LogP contribution in [0.15, 0.2) is 30.6 Å². The molecule has 2 rings (SSSR count). The number of rotatable bonds is 2. The van der Waals surface area contributed by atoms with Gasteiger partial charge in [0.25, 0.3) is 5.91 Å². The van der Waals surface area contributed by atoms with E-state index >= 15 is 0 Å². The van der Waals surface area contributed by atoms with Gasteiger partial charge in [0.15, 0.2) is 0 Å². The standard InChI is InChI=1S/C13H15N3OS/c1-13(2,3)10-6-4-9(5-7-10)11(17)16-12-14-8-15-18-12/h4-8H,1-3H3,(H,14,15,16,17). The Morgan fingerprint density at radius 3 is 2.39 bits per heavy atom. The van der Waals surface area contributed by atoms with Crippen molar-refractivity contribution in [3.8, 4) is 0 Å². The molecule has 0 aliphatic carbocycles. The van der Waals surface area contributed by atoms with E-state index in [4.69, 9.17) is 0 Å². The Hall–Kier alpha value is -1.75.